The molecule has 0 atom stereocenters. The summed E-state index contributed by atoms with van der Waals surface area (Å²) < 4.78 is 0. The first-order chi connectivity index (χ1) is 7.93. The number of rotatable bonds is 2. The largest absolute Gasteiger partial charge is 0.341 e. The predicted molar refractivity (Wildman–Crippen MR) is 62.7 cm³/mol. The summed E-state index contributed by atoms with van der Waals surface area (Å²) in [5.41, 5.74) is 0. The zero-order chi connectivity index (χ0) is 10.8. The summed E-state index contributed by atoms with van der Waals surface area (Å²) in [7, 11) is 0. The molecule has 5 heteroatoms. The van der Waals surface area contributed by atoms with Gasteiger partial charge in [0.25, 0.3) is 0 Å². The maximum Gasteiger partial charge on any atom is 0.230 e. The lowest BCUT2D eigenvalue weighted by Gasteiger charge is -2.18. The van der Waals surface area contributed by atoms with Crippen LogP contribution in [0.15, 0.2) is 6.33 Å². The molecule has 1 aromatic rings. The van der Waals surface area contributed by atoms with Gasteiger partial charge in [0.2, 0.25) is 11.9 Å². The highest BCUT2D eigenvalue weighted by molar-refractivity contribution is 5.38. The molecule has 0 amide bonds. The number of nitrogens with zero attached hydrogens (tertiary/aromatic N) is 5. The maximum absolute atomic E-state index is 4.57. The van der Waals surface area contributed by atoms with E-state index in [4.69, 9.17) is 0 Å². The fourth-order valence-electron chi connectivity index (χ4n) is 2.42. The van der Waals surface area contributed by atoms with Gasteiger partial charge in [-0.1, -0.05) is 0 Å². The van der Waals surface area contributed by atoms with Crippen LogP contribution in [0.2, 0.25) is 0 Å². The molecule has 2 aliphatic rings. The van der Waals surface area contributed by atoms with Crippen molar-refractivity contribution in [1.29, 1.82) is 0 Å². The lowest BCUT2D eigenvalue weighted by molar-refractivity contribution is 0.837. The standard InChI is InChI=1S/C11H17N5/c1-2-6-15(5-1)10-12-9-13-11(14-10)16-7-3-4-8-16/h9H,1-8H2. The van der Waals surface area contributed by atoms with Crippen LogP contribution in [-0.4, -0.2) is 41.1 Å². The molecular formula is C11H17N5. The van der Waals surface area contributed by atoms with E-state index < -0.39 is 0 Å². The van der Waals surface area contributed by atoms with Crippen LogP contribution in [-0.2, 0) is 0 Å². The van der Waals surface area contributed by atoms with Crippen LogP contribution in [0.25, 0.3) is 0 Å². The van der Waals surface area contributed by atoms with Crippen molar-refractivity contribution in [2.45, 2.75) is 25.7 Å². The van der Waals surface area contributed by atoms with Gasteiger partial charge in [0.15, 0.2) is 0 Å². The molecule has 86 valence electrons. The van der Waals surface area contributed by atoms with Crippen LogP contribution in [0.1, 0.15) is 25.7 Å². The molecule has 0 unspecified atom stereocenters. The van der Waals surface area contributed by atoms with E-state index in [2.05, 4.69) is 24.8 Å². The summed E-state index contributed by atoms with van der Waals surface area (Å²) in [6, 6.07) is 0. The summed E-state index contributed by atoms with van der Waals surface area (Å²) in [5.74, 6) is 1.71. The Morgan fingerprint density at radius 2 is 1.19 bits per heavy atom. The summed E-state index contributed by atoms with van der Waals surface area (Å²) in [4.78, 5) is 17.6. The molecule has 0 bridgehead atoms. The van der Waals surface area contributed by atoms with E-state index in [9.17, 15) is 0 Å². The maximum atomic E-state index is 4.57. The van der Waals surface area contributed by atoms with Crippen molar-refractivity contribution >= 4 is 11.9 Å². The topological polar surface area (TPSA) is 45.2 Å². The Labute approximate surface area is 95.5 Å². The quantitative estimate of drug-likeness (QED) is 0.744. The highest BCUT2D eigenvalue weighted by atomic mass is 15.3. The van der Waals surface area contributed by atoms with Crippen molar-refractivity contribution in [3.05, 3.63) is 6.33 Å². The van der Waals surface area contributed by atoms with E-state index in [-0.39, 0.29) is 0 Å². The lowest BCUT2D eigenvalue weighted by atomic mass is 10.4. The third-order valence-corrected chi connectivity index (χ3v) is 3.32. The van der Waals surface area contributed by atoms with Crippen LogP contribution >= 0.6 is 0 Å². The fraction of sp³-hybridized carbons (Fsp3) is 0.727. The fourth-order valence-corrected chi connectivity index (χ4v) is 2.42. The number of hydrogen-bond acceptors (Lipinski definition) is 5. The van der Waals surface area contributed by atoms with E-state index in [0.717, 1.165) is 38.1 Å². The van der Waals surface area contributed by atoms with Gasteiger partial charge < -0.3 is 9.80 Å². The second-order valence-electron chi connectivity index (χ2n) is 4.47. The molecule has 2 saturated heterocycles. The van der Waals surface area contributed by atoms with Crippen LogP contribution in [0.5, 0.6) is 0 Å². The van der Waals surface area contributed by atoms with Gasteiger partial charge in [-0.25, -0.2) is 9.97 Å². The van der Waals surface area contributed by atoms with Gasteiger partial charge in [-0.05, 0) is 25.7 Å². The zero-order valence-electron chi connectivity index (χ0n) is 9.47. The first-order valence-corrected chi connectivity index (χ1v) is 6.12. The molecule has 0 radical (unpaired) electrons. The molecule has 0 aromatic carbocycles. The second kappa shape index (κ2) is 4.23. The second-order valence-corrected chi connectivity index (χ2v) is 4.47. The molecular weight excluding hydrogens is 202 g/mol. The van der Waals surface area contributed by atoms with E-state index in [0.29, 0.717) is 0 Å². The number of anilines is 2. The summed E-state index contributed by atoms with van der Waals surface area (Å²) >= 11 is 0. The Balaban J connectivity index is 1.81. The summed E-state index contributed by atoms with van der Waals surface area (Å²) in [5, 5.41) is 0. The van der Waals surface area contributed by atoms with E-state index in [1.54, 1.807) is 6.33 Å². The smallest absolute Gasteiger partial charge is 0.230 e. The summed E-state index contributed by atoms with van der Waals surface area (Å²) in [6.45, 7) is 4.35. The Morgan fingerprint density at radius 1 is 0.750 bits per heavy atom. The Morgan fingerprint density at radius 3 is 1.62 bits per heavy atom. The highest BCUT2D eigenvalue weighted by Crippen LogP contribution is 2.19. The van der Waals surface area contributed by atoms with Gasteiger partial charge in [0, 0.05) is 26.2 Å². The van der Waals surface area contributed by atoms with Crippen molar-refractivity contribution in [3.8, 4) is 0 Å². The Bertz CT molecular complexity index is 324. The van der Waals surface area contributed by atoms with Gasteiger partial charge in [-0.15, -0.1) is 0 Å². The number of hydrogen-bond donors (Lipinski definition) is 0. The van der Waals surface area contributed by atoms with Crippen LogP contribution < -0.4 is 9.80 Å². The van der Waals surface area contributed by atoms with E-state index >= 15 is 0 Å². The minimum Gasteiger partial charge on any atom is -0.341 e. The van der Waals surface area contributed by atoms with Crippen LogP contribution in [0, 0.1) is 0 Å². The van der Waals surface area contributed by atoms with Crippen molar-refractivity contribution in [3.63, 3.8) is 0 Å². The highest BCUT2D eigenvalue weighted by Gasteiger charge is 2.19. The van der Waals surface area contributed by atoms with Gasteiger partial charge in [-0.3, -0.25) is 0 Å². The van der Waals surface area contributed by atoms with Gasteiger partial charge in [0.1, 0.15) is 6.33 Å². The molecule has 3 heterocycles. The minimum absolute atomic E-state index is 0.856. The van der Waals surface area contributed by atoms with E-state index in [1.165, 1.54) is 25.7 Å². The van der Waals surface area contributed by atoms with Crippen molar-refractivity contribution < 1.29 is 0 Å². The Hall–Kier alpha value is -1.39. The molecule has 16 heavy (non-hydrogen) atoms. The normalized spacial score (nSPS) is 20.8. The first kappa shape index (κ1) is 9.81. The first-order valence-electron chi connectivity index (χ1n) is 6.12. The minimum atomic E-state index is 0.856. The molecule has 2 aliphatic heterocycles. The average Bonchev–Trinajstić information content (AvgIpc) is 3.03. The molecule has 5 nitrogen and oxygen atoms in total. The monoisotopic (exact) mass is 219 g/mol. The molecule has 0 aliphatic carbocycles. The zero-order valence-corrected chi connectivity index (χ0v) is 9.47. The van der Waals surface area contributed by atoms with Crippen LogP contribution in [0.4, 0.5) is 11.9 Å². The Kier molecular flexibility index (Phi) is 2.60. The van der Waals surface area contributed by atoms with Gasteiger partial charge in [-0.2, -0.15) is 4.98 Å². The lowest BCUT2D eigenvalue weighted by Crippen LogP contribution is -2.24. The average molecular weight is 219 g/mol. The third-order valence-electron chi connectivity index (χ3n) is 3.32. The van der Waals surface area contributed by atoms with Gasteiger partial charge in [0.05, 0.1) is 0 Å². The summed E-state index contributed by atoms with van der Waals surface area (Å²) in [6.07, 6.45) is 6.67. The predicted octanol–water partition coefficient (Wildman–Crippen LogP) is 1.07. The molecule has 0 N–H and O–H groups in total. The van der Waals surface area contributed by atoms with Crippen molar-refractivity contribution in [2.75, 3.05) is 36.0 Å². The van der Waals surface area contributed by atoms with E-state index in [1.807, 2.05) is 0 Å². The molecule has 2 fully saturated rings. The number of aromatic nitrogens is 3. The van der Waals surface area contributed by atoms with Crippen LogP contribution in [0.3, 0.4) is 0 Å². The SMILES string of the molecule is c1nc(N2CCCC2)nc(N2CCCC2)n1. The van der Waals surface area contributed by atoms with Crippen molar-refractivity contribution in [1.82, 2.24) is 15.0 Å². The third kappa shape index (κ3) is 1.81. The molecule has 0 spiro atoms. The van der Waals surface area contributed by atoms with Gasteiger partial charge >= 0.3 is 0 Å². The molecule has 1 aromatic heterocycles. The molecule has 0 saturated carbocycles. The molecule has 3 rings (SSSR count). The van der Waals surface area contributed by atoms with Crippen molar-refractivity contribution in [2.24, 2.45) is 0 Å².